The lowest BCUT2D eigenvalue weighted by molar-refractivity contribution is -0.105. The van der Waals surface area contributed by atoms with Crippen LogP contribution in [0.4, 0.5) is 0 Å². The van der Waals surface area contributed by atoms with Gasteiger partial charge in [0.15, 0.2) is 0 Å². The molecular formula is C14H22N2O. The van der Waals surface area contributed by atoms with Gasteiger partial charge in [-0.25, -0.2) is 0 Å². The van der Waals surface area contributed by atoms with Crippen molar-refractivity contribution in [3.63, 3.8) is 0 Å². The molecule has 1 fully saturated rings. The van der Waals surface area contributed by atoms with Crippen molar-refractivity contribution in [3.05, 3.63) is 34.9 Å². The molecular weight excluding hydrogens is 212 g/mol. The second-order valence-corrected chi connectivity index (χ2v) is 5.22. The van der Waals surface area contributed by atoms with Crippen LogP contribution in [0.5, 0.6) is 0 Å². The Morgan fingerprint density at radius 2 is 2.06 bits per heavy atom. The summed E-state index contributed by atoms with van der Waals surface area (Å²) in [5.41, 5.74) is 9.98. The average Bonchev–Trinajstić information content (AvgIpc) is 2.27. The van der Waals surface area contributed by atoms with Crippen LogP contribution in [0.25, 0.3) is 0 Å². The highest BCUT2D eigenvalue weighted by Crippen LogP contribution is 2.24. The van der Waals surface area contributed by atoms with Crippen molar-refractivity contribution >= 4 is 0 Å². The number of nitrogens with one attached hydrogen (secondary N) is 1. The third-order valence-corrected chi connectivity index (χ3v) is 3.65. The van der Waals surface area contributed by atoms with E-state index in [1.54, 1.807) is 0 Å². The summed E-state index contributed by atoms with van der Waals surface area (Å²) in [6, 6.07) is 6.61. The molecule has 3 heteroatoms. The number of hydrogen-bond acceptors (Lipinski definition) is 3. The van der Waals surface area contributed by atoms with Crippen LogP contribution < -0.4 is 11.1 Å². The third-order valence-electron chi connectivity index (χ3n) is 3.65. The fourth-order valence-electron chi connectivity index (χ4n) is 2.07. The Kier molecular flexibility index (Phi) is 3.82. The number of ether oxygens (including phenoxy) is 1. The molecule has 1 heterocycles. The summed E-state index contributed by atoms with van der Waals surface area (Å²) < 4.78 is 5.25. The molecule has 0 amide bonds. The Hall–Kier alpha value is -0.900. The van der Waals surface area contributed by atoms with Gasteiger partial charge in [-0.3, -0.25) is 0 Å². The molecule has 1 aliphatic heterocycles. The van der Waals surface area contributed by atoms with Gasteiger partial charge in [-0.05, 0) is 30.5 Å². The van der Waals surface area contributed by atoms with Gasteiger partial charge in [-0.2, -0.15) is 0 Å². The topological polar surface area (TPSA) is 47.3 Å². The van der Waals surface area contributed by atoms with Crippen molar-refractivity contribution in [1.29, 1.82) is 0 Å². The highest BCUT2D eigenvalue weighted by Gasteiger charge is 2.36. The smallest absolute Gasteiger partial charge is 0.0569 e. The Morgan fingerprint density at radius 1 is 1.29 bits per heavy atom. The van der Waals surface area contributed by atoms with Crippen LogP contribution in [-0.2, 0) is 11.3 Å². The lowest BCUT2D eigenvalue weighted by Crippen LogP contribution is -2.54. The number of nitrogens with two attached hydrogens (primary N) is 1. The second kappa shape index (κ2) is 5.17. The summed E-state index contributed by atoms with van der Waals surface area (Å²) in [7, 11) is 0. The van der Waals surface area contributed by atoms with Crippen LogP contribution in [0.1, 0.15) is 16.7 Å². The summed E-state index contributed by atoms with van der Waals surface area (Å²) in [5, 5.41) is 3.48. The van der Waals surface area contributed by atoms with Crippen LogP contribution in [0.3, 0.4) is 0 Å². The van der Waals surface area contributed by atoms with E-state index in [2.05, 4.69) is 37.4 Å². The van der Waals surface area contributed by atoms with E-state index in [-0.39, 0.29) is 5.41 Å². The first kappa shape index (κ1) is 12.6. The molecule has 0 bridgehead atoms. The predicted octanol–water partition coefficient (Wildman–Crippen LogP) is 1.37. The molecule has 1 aliphatic rings. The third kappa shape index (κ3) is 2.86. The molecule has 0 aromatic heterocycles. The molecule has 1 saturated heterocycles. The van der Waals surface area contributed by atoms with Crippen LogP contribution in [0.15, 0.2) is 18.2 Å². The fraction of sp³-hybridized carbons (Fsp3) is 0.571. The van der Waals surface area contributed by atoms with Gasteiger partial charge in [0.05, 0.1) is 13.2 Å². The first-order valence-electron chi connectivity index (χ1n) is 6.20. The monoisotopic (exact) mass is 234 g/mol. The maximum absolute atomic E-state index is 5.77. The zero-order valence-electron chi connectivity index (χ0n) is 10.8. The quantitative estimate of drug-likeness (QED) is 0.809. The van der Waals surface area contributed by atoms with E-state index >= 15 is 0 Å². The van der Waals surface area contributed by atoms with Gasteiger partial charge in [0, 0.05) is 25.0 Å². The highest BCUT2D eigenvalue weighted by atomic mass is 16.5. The fourth-order valence-corrected chi connectivity index (χ4v) is 2.07. The Bertz CT molecular complexity index is 380. The molecule has 0 unspecified atom stereocenters. The van der Waals surface area contributed by atoms with Gasteiger partial charge >= 0.3 is 0 Å². The molecule has 3 nitrogen and oxygen atoms in total. The van der Waals surface area contributed by atoms with E-state index in [0.717, 1.165) is 26.3 Å². The van der Waals surface area contributed by atoms with Crippen molar-refractivity contribution < 1.29 is 4.74 Å². The van der Waals surface area contributed by atoms with E-state index in [4.69, 9.17) is 10.5 Å². The van der Waals surface area contributed by atoms with Crippen molar-refractivity contribution in [2.75, 3.05) is 26.3 Å². The number of benzene rings is 1. The zero-order chi connectivity index (χ0) is 12.3. The minimum atomic E-state index is 0.180. The van der Waals surface area contributed by atoms with Crippen LogP contribution in [0.2, 0.25) is 0 Å². The molecule has 2 rings (SSSR count). The van der Waals surface area contributed by atoms with Crippen LogP contribution in [0, 0.1) is 19.3 Å². The lowest BCUT2D eigenvalue weighted by Gasteiger charge is -2.40. The molecule has 0 atom stereocenters. The summed E-state index contributed by atoms with van der Waals surface area (Å²) in [6.45, 7) is 8.43. The summed E-state index contributed by atoms with van der Waals surface area (Å²) in [4.78, 5) is 0. The SMILES string of the molecule is Cc1ccc(CNCC2(CN)COC2)cc1C. The van der Waals surface area contributed by atoms with Crippen LogP contribution in [-0.4, -0.2) is 26.3 Å². The Balaban J connectivity index is 1.83. The normalized spacial score (nSPS) is 17.8. The molecule has 1 aromatic rings. The van der Waals surface area contributed by atoms with Gasteiger partial charge in [0.25, 0.3) is 0 Å². The highest BCUT2D eigenvalue weighted by molar-refractivity contribution is 5.29. The summed E-state index contributed by atoms with van der Waals surface area (Å²) in [5.74, 6) is 0. The van der Waals surface area contributed by atoms with Crippen molar-refractivity contribution in [2.45, 2.75) is 20.4 Å². The van der Waals surface area contributed by atoms with Crippen LogP contribution >= 0.6 is 0 Å². The zero-order valence-corrected chi connectivity index (χ0v) is 10.8. The van der Waals surface area contributed by atoms with Gasteiger partial charge in [0.1, 0.15) is 0 Å². The second-order valence-electron chi connectivity index (χ2n) is 5.22. The minimum Gasteiger partial charge on any atom is -0.380 e. The maximum Gasteiger partial charge on any atom is 0.0569 e. The maximum atomic E-state index is 5.77. The summed E-state index contributed by atoms with van der Waals surface area (Å²) in [6.07, 6.45) is 0. The first-order chi connectivity index (χ1) is 8.15. The number of aryl methyl sites for hydroxylation is 2. The van der Waals surface area contributed by atoms with E-state index in [1.165, 1.54) is 16.7 Å². The van der Waals surface area contributed by atoms with E-state index in [0.29, 0.717) is 6.54 Å². The lowest BCUT2D eigenvalue weighted by atomic mass is 9.86. The molecule has 17 heavy (non-hydrogen) atoms. The first-order valence-corrected chi connectivity index (χ1v) is 6.20. The molecule has 0 spiro atoms. The van der Waals surface area contributed by atoms with Gasteiger partial charge in [0.2, 0.25) is 0 Å². The molecule has 0 radical (unpaired) electrons. The average molecular weight is 234 g/mol. The predicted molar refractivity (Wildman–Crippen MR) is 69.9 cm³/mol. The number of rotatable bonds is 5. The summed E-state index contributed by atoms with van der Waals surface area (Å²) >= 11 is 0. The van der Waals surface area contributed by atoms with Gasteiger partial charge in [-0.15, -0.1) is 0 Å². The van der Waals surface area contributed by atoms with Gasteiger partial charge < -0.3 is 15.8 Å². The Labute approximate surface area is 103 Å². The van der Waals surface area contributed by atoms with Gasteiger partial charge in [-0.1, -0.05) is 18.2 Å². The number of hydrogen-bond donors (Lipinski definition) is 2. The van der Waals surface area contributed by atoms with Crippen molar-refractivity contribution in [3.8, 4) is 0 Å². The minimum absolute atomic E-state index is 0.180. The molecule has 0 saturated carbocycles. The largest absolute Gasteiger partial charge is 0.380 e. The van der Waals surface area contributed by atoms with Crippen molar-refractivity contribution in [2.24, 2.45) is 11.1 Å². The van der Waals surface area contributed by atoms with E-state index in [1.807, 2.05) is 0 Å². The van der Waals surface area contributed by atoms with E-state index in [9.17, 15) is 0 Å². The standard InChI is InChI=1S/C14H22N2O/c1-11-3-4-13(5-12(11)2)6-16-8-14(7-15)9-17-10-14/h3-5,16H,6-10,15H2,1-2H3. The molecule has 94 valence electrons. The van der Waals surface area contributed by atoms with E-state index < -0.39 is 0 Å². The molecule has 0 aliphatic carbocycles. The molecule has 3 N–H and O–H groups in total. The Morgan fingerprint density at radius 3 is 2.59 bits per heavy atom. The molecule has 1 aromatic carbocycles. The van der Waals surface area contributed by atoms with Crippen molar-refractivity contribution in [1.82, 2.24) is 5.32 Å².